The van der Waals surface area contributed by atoms with Crippen LogP contribution in [0.2, 0.25) is 5.02 Å². The fourth-order valence-corrected chi connectivity index (χ4v) is 4.22. The molecule has 1 aliphatic rings. The maximum Gasteiger partial charge on any atom is 0.241 e. The summed E-state index contributed by atoms with van der Waals surface area (Å²) in [6, 6.07) is 5.68. The average Bonchev–Trinajstić information content (AvgIpc) is 2.93. The van der Waals surface area contributed by atoms with Crippen molar-refractivity contribution in [3.05, 3.63) is 23.2 Å². The highest BCUT2D eigenvalue weighted by atomic mass is 35.5. The van der Waals surface area contributed by atoms with Crippen molar-refractivity contribution in [2.45, 2.75) is 19.1 Å². The number of amides is 1. The molecule has 0 bridgehead atoms. The highest BCUT2D eigenvalue weighted by molar-refractivity contribution is 8.15. The number of para-hydroxylation sites is 1. The summed E-state index contributed by atoms with van der Waals surface area (Å²) in [6.07, 6.45) is 0. The first-order valence-corrected chi connectivity index (χ1v) is 8.29. The van der Waals surface area contributed by atoms with Crippen LogP contribution in [0.4, 0.5) is 5.13 Å². The zero-order valence-corrected chi connectivity index (χ0v) is 13.3. The molecular weight excluding hydrogens is 314 g/mol. The lowest BCUT2D eigenvalue weighted by Gasteiger charge is -2.11. The van der Waals surface area contributed by atoms with Gasteiger partial charge in [0, 0.05) is 6.54 Å². The van der Waals surface area contributed by atoms with Gasteiger partial charge in [-0.05, 0) is 26.0 Å². The topological polar surface area (TPSA) is 45.6 Å². The minimum absolute atomic E-state index is 0.0772. The van der Waals surface area contributed by atoms with Crippen molar-refractivity contribution in [1.82, 2.24) is 9.88 Å². The third-order valence-corrected chi connectivity index (χ3v) is 5.29. The Morgan fingerprint density at radius 2 is 2.30 bits per heavy atom. The lowest BCUT2D eigenvalue weighted by molar-refractivity contribution is -0.125. The number of aromatic nitrogens is 1. The third kappa shape index (κ3) is 2.32. The number of fused-ring (bicyclic) bond motifs is 1. The van der Waals surface area contributed by atoms with Gasteiger partial charge in [0.25, 0.3) is 0 Å². The molecule has 3 rings (SSSR count). The number of benzene rings is 1. The molecule has 0 aliphatic carbocycles. The highest BCUT2D eigenvalue weighted by Crippen LogP contribution is 2.35. The molecule has 7 heteroatoms. The minimum Gasteiger partial charge on any atom is -0.291 e. The zero-order valence-electron chi connectivity index (χ0n) is 11.0. The number of thioether (sulfide) groups is 1. The molecular formula is C13H12ClN3OS2. The Balaban J connectivity index is 2.01. The van der Waals surface area contributed by atoms with Crippen LogP contribution in [-0.2, 0) is 4.79 Å². The van der Waals surface area contributed by atoms with Crippen LogP contribution >= 0.6 is 34.7 Å². The second-order valence-corrected chi connectivity index (χ2v) is 7.04. The van der Waals surface area contributed by atoms with Gasteiger partial charge in [-0.2, -0.15) is 4.99 Å². The number of carbonyl (C=O) groups is 1. The van der Waals surface area contributed by atoms with E-state index >= 15 is 0 Å². The third-order valence-electron chi connectivity index (χ3n) is 2.99. The van der Waals surface area contributed by atoms with Crippen LogP contribution in [0.5, 0.6) is 0 Å². The summed E-state index contributed by atoms with van der Waals surface area (Å²) in [5.41, 5.74) is 0.768. The predicted molar refractivity (Wildman–Crippen MR) is 86.2 cm³/mol. The van der Waals surface area contributed by atoms with E-state index in [2.05, 4.69) is 9.98 Å². The first-order valence-electron chi connectivity index (χ1n) is 6.22. The van der Waals surface area contributed by atoms with E-state index in [1.807, 2.05) is 32.0 Å². The number of aliphatic imine (C=N–C) groups is 1. The molecule has 1 unspecified atom stereocenters. The van der Waals surface area contributed by atoms with Crippen molar-refractivity contribution in [3.8, 4) is 0 Å². The van der Waals surface area contributed by atoms with Gasteiger partial charge in [0.2, 0.25) is 11.0 Å². The van der Waals surface area contributed by atoms with Gasteiger partial charge in [-0.25, -0.2) is 4.98 Å². The van der Waals surface area contributed by atoms with Gasteiger partial charge in [-0.3, -0.25) is 9.69 Å². The van der Waals surface area contributed by atoms with Gasteiger partial charge in [0.15, 0.2) is 5.17 Å². The number of amidine groups is 1. The first-order chi connectivity index (χ1) is 9.60. The van der Waals surface area contributed by atoms with Crippen molar-refractivity contribution in [3.63, 3.8) is 0 Å². The molecule has 1 fully saturated rings. The molecule has 0 N–H and O–H groups in total. The summed E-state index contributed by atoms with van der Waals surface area (Å²) in [5.74, 6) is 0.107. The summed E-state index contributed by atoms with van der Waals surface area (Å²) in [6.45, 7) is 4.47. The van der Waals surface area contributed by atoms with Crippen LogP contribution in [0, 0.1) is 0 Å². The number of hydrogen-bond donors (Lipinski definition) is 0. The molecule has 104 valence electrons. The van der Waals surface area contributed by atoms with E-state index < -0.39 is 0 Å². The Bertz CT molecular complexity index is 713. The van der Waals surface area contributed by atoms with Crippen molar-refractivity contribution >= 4 is 61.1 Å². The van der Waals surface area contributed by atoms with Crippen LogP contribution in [0.1, 0.15) is 13.8 Å². The molecule has 1 amide bonds. The van der Waals surface area contributed by atoms with Crippen molar-refractivity contribution in [2.75, 3.05) is 6.54 Å². The standard InChI is InChI=1S/C13H12ClN3OS2/c1-3-17-11(18)7(2)19-13(17)16-12-15-10-8(14)5-4-6-9(10)20-12/h4-7H,3H2,1-2H3. The van der Waals surface area contributed by atoms with Gasteiger partial charge < -0.3 is 0 Å². The molecule has 1 atom stereocenters. The van der Waals surface area contributed by atoms with E-state index in [4.69, 9.17) is 11.6 Å². The Morgan fingerprint density at radius 3 is 3.00 bits per heavy atom. The summed E-state index contributed by atoms with van der Waals surface area (Å²) in [5, 5.41) is 1.91. The van der Waals surface area contributed by atoms with E-state index in [1.54, 1.807) is 4.90 Å². The minimum atomic E-state index is -0.0772. The monoisotopic (exact) mass is 325 g/mol. The number of thiazole rings is 1. The number of hydrogen-bond acceptors (Lipinski definition) is 5. The van der Waals surface area contributed by atoms with Crippen LogP contribution in [0.15, 0.2) is 23.2 Å². The quantitative estimate of drug-likeness (QED) is 0.840. The van der Waals surface area contributed by atoms with E-state index in [0.29, 0.717) is 16.7 Å². The van der Waals surface area contributed by atoms with Crippen LogP contribution in [-0.4, -0.2) is 32.8 Å². The highest BCUT2D eigenvalue weighted by Gasteiger charge is 2.34. The summed E-state index contributed by atoms with van der Waals surface area (Å²) >= 11 is 9.07. The molecule has 1 aromatic carbocycles. The molecule has 20 heavy (non-hydrogen) atoms. The molecule has 2 heterocycles. The Kier molecular flexibility index (Phi) is 3.70. The summed E-state index contributed by atoms with van der Waals surface area (Å²) in [7, 11) is 0. The number of carbonyl (C=O) groups excluding carboxylic acids is 1. The van der Waals surface area contributed by atoms with Gasteiger partial charge in [-0.15, -0.1) is 0 Å². The largest absolute Gasteiger partial charge is 0.291 e. The van der Waals surface area contributed by atoms with E-state index in [0.717, 1.165) is 15.4 Å². The van der Waals surface area contributed by atoms with E-state index in [-0.39, 0.29) is 11.2 Å². The lowest BCUT2D eigenvalue weighted by atomic mass is 10.3. The normalized spacial score (nSPS) is 21.4. The maximum atomic E-state index is 11.9. The number of halogens is 1. The molecule has 4 nitrogen and oxygen atoms in total. The second kappa shape index (κ2) is 5.35. The lowest BCUT2D eigenvalue weighted by Crippen LogP contribution is -2.30. The molecule has 1 aromatic heterocycles. The maximum absolute atomic E-state index is 11.9. The molecule has 0 saturated carbocycles. The Morgan fingerprint density at radius 1 is 1.50 bits per heavy atom. The van der Waals surface area contributed by atoms with E-state index in [9.17, 15) is 4.79 Å². The van der Waals surface area contributed by atoms with Gasteiger partial charge in [-0.1, -0.05) is 40.8 Å². The average molecular weight is 326 g/mol. The Labute approximate surface area is 129 Å². The molecule has 2 aromatic rings. The second-order valence-electron chi connectivity index (χ2n) is 4.32. The first kappa shape index (κ1) is 13.9. The fraction of sp³-hybridized carbons (Fsp3) is 0.308. The van der Waals surface area contributed by atoms with Crippen LogP contribution in [0.3, 0.4) is 0 Å². The van der Waals surface area contributed by atoms with Crippen molar-refractivity contribution in [2.24, 2.45) is 4.99 Å². The van der Waals surface area contributed by atoms with Crippen molar-refractivity contribution < 1.29 is 4.79 Å². The van der Waals surface area contributed by atoms with Crippen molar-refractivity contribution in [1.29, 1.82) is 0 Å². The van der Waals surface area contributed by atoms with Crippen LogP contribution < -0.4 is 0 Å². The predicted octanol–water partition coefficient (Wildman–Crippen LogP) is 3.92. The number of rotatable bonds is 2. The fourth-order valence-electron chi connectivity index (χ4n) is 2.00. The smallest absolute Gasteiger partial charge is 0.241 e. The van der Waals surface area contributed by atoms with E-state index in [1.165, 1.54) is 23.1 Å². The summed E-state index contributed by atoms with van der Waals surface area (Å²) in [4.78, 5) is 22.6. The number of nitrogens with zero attached hydrogens (tertiary/aromatic N) is 3. The molecule has 0 radical (unpaired) electrons. The molecule has 1 aliphatic heterocycles. The zero-order chi connectivity index (χ0) is 14.3. The molecule has 1 saturated heterocycles. The summed E-state index contributed by atoms with van der Waals surface area (Å²) < 4.78 is 1.00. The van der Waals surface area contributed by atoms with Gasteiger partial charge in [0.05, 0.1) is 15.0 Å². The Hall–Kier alpha value is -1.11. The van der Waals surface area contributed by atoms with Gasteiger partial charge >= 0.3 is 0 Å². The van der Waals surface area contributed by atoms with Gasteiger partial charge in [0.1, 0.15) is 5.52 Å². The SMILES string of the molecule is CCN1C(=O)C(C)SC1=Nc1nc2c(Cl)cccc2s1. The van der Waals surface area contributed by atoms with Crippen LogP contribution in [0.25, 0.3) is 10.2 Å². The molecule has 0 spiro atoms.